The van der Waals surface area contributed by atoms with Crippen molar-refractivity contribution in [2.75, 3.05) is 19.3 Å². The SMILES string of the molecule is CC1CNCCC1NC(=O)c1cc(Br)cc(S(C)(=O)=O)c1F. The maximum atomic E-state index is 14.4. The summed E-state index contributed by atoms with van der Waals surface area (Å²) in [5.74, 6) is -1.38. The van der Waals surface area contributed by atoms with Gasteiger partial charge in [-0.05, 0) is 37.6 Å². The highest BCUT2D eigenvalue weighted by molar-refractivity contribution is 9.10. The van der Waals surface area contributed by atoms with Gasteiger partial charge in [0.05, 0.1) is 5.56 Å². The Labute approximate surface area is 137 Å². The number of piperidine rings is 1. The summed E-state index contributed by atoms with van der Waals surface area (Å²) in [6.07, 6.45) is 1.66. The van der Waals surface area contributed by atoms with Gasteiger partial charge in [-0.2, -0.15) is 0 Å². The summed E-state index contributed by atoms with van der Waals surface area (Å²) in [7, 11) is -3.75. The minimum absolute atomic E-state index is 0.0613. The van der Waals surface area contributed by atoms with E-state index >= 15 is 0 Å². The molecule has 0 spiro atoms. The molecule has 1 aliphatic rings. The average Bonchev–Trinajstić information content (AvgIpc) is 2.42. The largest absolute Gasteiger partial charge is 0.349 e. The number of nitrogens with one attached hydrogen (secondary N) is 2. The van der Waals surface area contributed by atoms with Crippen LogP contribution in [0.15, 0.2) is 21.5 Å². The number of carbonyl (C=O) groups excluding carboxylic acids is 1. The van der Waals surface area contributed by atoms with Gasteiger partial charge in [-0.25, -0.2) is 12.8 Å². The number of sulfone groups is 1. The van der Waals surface area contributed by atoms with Crippen molar-refractivity contribution in [3.05, 3.63) is 28.0 Å². The Hall–Kier alpha value is -0.990. The fourth-order valence-corrected chi connectivity index (χ4v) is 3.86. The van der Waals surface area contributed by atoms with Gasteiger partial charge in [0.15, 0.2) is 15.7 Å². The zero-order chi connectivity index (χ0) is 16.5. The highest BCUT2D eigenvalue weighted by Gasteiger charge is 2.26. The van der Waals surface area contributed by atoms with Crippen LogP contribution in [0.4, 0.5) is 4.39 Å². The lowest BCUT2D eigenvalue weighted by Crippen LogP contribution is -2.48. The second-order valence-corrected chi connectivity index (χ2v) is 8.49. The van der Waals surface area contributed by atoms with Gasteiger partial charge in [0.25, 0.3) is 5.91 Å². The summed E-state index contributed by atoms with van der Waals surface area (Å²) in [4.78, 5) is 11.8. The molecule has 1 saturated heterocycles. The van der Waals surface area contributed by atoms with Crippen LogP contribution in [-0.2, 0) is 9.84 Å². The van der Waals surface area contributed by atoms with Crippen LogP contribution in [0, 0.1) is 11.7 Å². The molecule has 0 saturated carbocycles. The zero-order valence-electron chi connectivity index (χ0n) is 12.3. The average molecular weight is 393 g/mol. The lowest BCUT2D eigenvalue weighted by molar-refractivity contribution is 0.0909. The molecule has 122 valence electrons. The van der Waals surface area contributed by atoms with Crippen molar-refractivity contribution < 1.29 is 17.6 Å². The third-order valence-electron chi connectivity index (χ3n) is 3.75. The van der Waals surface area contributed by atoms with Gasteiger partial charge in [0.1, 0.15) is 4.90 Å². The van der Waals surface area contributed by atoms with E-state index in [0.717, 1.165) is 31.8 Å². The topological polar surface area (TPSA) is 75.3 Å². The van der Waals surface area contributed by atoms with Crippen LogP contribution < -0.4 is 10.6 Å². The Morgan fingerprint density at radius 3 is 2.73 bits per heavy atom. The quantitative estimate of drug-likeness (QED) is 0.820. The molecular weight excluding hydrogens is 375 g/mol. The molecule has 2 unspecified atom stereocenters. The number of benzene rings is 1. The first-order valence-electron chi connectivity index (χ1n) is 6.91. The first kappa shape index (κ1) is 17.4. The molecule has 1 aliphatic heterocycles. The van der Waals surface area contributed by atoms with E-state index in [1.54, 1.807) is 0 Å². The van der Waals surface area contributed by atoms with Crippen LogP contribution in [0.25, 0.3) is 0 Å². The summed E-state index contributed by atoms with van der Waals surface area (Å²) in [6.45, 7) is 3.56. The summed E-state index contributed by atoms with van der Waals surface area (Å²) in [5.41, 5.74) is -0.263. The molecular formula is C14H18BrFN2O3S. The summed E-state index contributed by atoms with van der Waals surface area (Å²) >= 11 is 3.12. The van der Waals surface area contributed by atoms with Crippen LogP contribution in [0.2, 0.25) is 0 Å². The van der Waals surface area contributed by atoms with Crippen LogP contribution in [0.3, 0.4) is 0 Å². The molecule has 2 rings (SSSR count). The van der Waals surface area contributed by atoms with Crippen molar-refractivity contribution in [1.29, 1.82) is 0 Å². The molecule has 0 aromatic heterocycles. The zero-order valence-corrected chi connectivity index (χ0v) is 14.7. The fraction of sp³-hybridized carbons (Fsp3) is 0.500. The molecule has 1 fully saturated rings. The van der Waals surface area contributed by atoms with E-state index in [4.69, 9.17) is 0 Å². The van der Waals surface area contributed by atoms with Crippen molar-refractivity contribution in [3.63, 3.8) is 0 Å². The van der Waals surface area contributed by atoms with Crippen LogP contribution in [0.1, 0.15) is 23.7 Å². The van der Waals surface area contributed by atoms with E-state index in [1.165, 1.54) is 6.07 Å². The summed E-state index contributed by atoms with van der Waals surface area (Å²) in [5, 5.41) is 6.01. The predicted molar refractivity (Wildman–Crippen MR) is 85.1 cm³/mol. The van der Waals surface area contributed by atoms with Crippen molar-refractivity contribution in [1.82, 2.24) is 10.6 Å². The molecule has 0 aliphatic carbocycles. The van der Waals surface area contributed by atoms with Gasteiger partial charge in [0.2, 0.25) is 0 Å². The van der Waals surface area contributed by atoms with E-state index in [0.29, 0.717) is 4.47 Å². The third kappa shape index (κ3) is 3.85. The van der Waals surface area contributed by atoms with Crippen LogP contribution in [0.5, 0.6) is 0 Å². The second-order valence-electron chi connectivity index (χ2n) is 5.59. The monoisotopic (exact) mass is 392 g/mol. The van der Waals surface area contributed by atoms with Gasteiger partial charge < -0.3 is 10.6 Å². The molecule has 1 aromatic carbocycles. The predicted octanol–water partition coefficient (Wildman–Crippen LogP) is 1.72. The van der Waals surface area contributed by atoms with Gasteiger partial charge >= 0.3 is 0 Å². The Balaban J connectivity index is 2.32. The summed E-state index contributed by atoms with van der Waals surface area (Å²) in [6, 6.07) is 2.40. The molecule has 1 heterocycles. The fourth-order valence-electron chi connectivity index (χ4n) is 2.47. The Kier molecular flexibility index (Phi) is 5.24. The molecule has 8 heteroatoms. The number of carbonyl (C=O) groups is 1. The third-order valence-corrected chi connectivity index (χ3v) is 5.30. The standard InChI is InChI=1S/C14H18BrFN2O3S/c1-8-7-17-4-3-11(8)18-14(19)10-5-9(15)6-12(13(10)16)22(2,20)21/h5-6,8,11,17H,3-4,7H2,1-2H3,(H,18,19). The van der Waals surface area contributed by atoms with E-state index in [2.05, 4.69) is 26.6 Å². The highest BCUT2D eigenvalue weighted by atomic mass is 79.9. The van der Waals surface area contributed by atoms with Crippen molar-refractivity contribution in [3.8, 4) is 0 Å². The molecule has 0 bridgehead atoms. The number of hydrogen-bond donors (Lipinski definition) is 2. The lowest BCUT2D eigenvalue weighted by Gasteiger charge is -2.30. The molecule has 0 radical (unpaired) electrons. The van der Waals surface area contributed by atoms with Crippen LogP contribution >= 0.6 is 15.9 Å². The van der Waals surface area contributed by atoms with E-state index < -0.39 is 26.5 Å². The lowest BCUT2D eigenvalue weighted by atomic mass is 9.95. The van der Waals surface area contributed by atoms with E-state index in [-0.39, 0.29) is 17.5 Å². The van der Waals surface area contributed by atoms with Crippen molar-refractivity contribution >= 4 is 31.7 Å². The Bertz CT molecular complexity index is 694. The van der Waals surface area contributed by atoms with E-state index in [9.17, 15) is 17.6 Å². The molecule has 2 atom stereocenters. The molecule has 1 amide bonds. The maximum absolute atomic E-state index is 14.4. The minimum Gasteiger partial charge on any atom is -0.349 e. The maximum Gasteiger partial charge on any atom is 0.254 e. The summed E-state index contributed by atoms with van der Waals surface area (Å²) < 4.78 is 38.0. The first-order valence-corrected chi connectivity index (χ1v) is 9.59. The first-order chi connectivity index (χ1) is 10.2. The highest BCUT2D eigenvalue weighted by Crippen LogP contribution is 2.24. The Morgan fingerprint density at radius 2 is 2.14 bits per heavy atom. The minimum atomic E-state index is -3.75. The van der Waals surface area contributed by atoms with Gasteiger partial charge in [-0.15, -0.1) is 0 Å². The van der Waals surface area contributed by atoms with Gasteiger partial charge in [-0.1, -0.05) is 22.9 Å². The van der Waals surface area contributed by atoms with Crippen LogP contribution in [-0.4, -0.2) is 39.7 Å². The smallest absolute Gasteiger partial charge is 0.254 e. The van der Waals surface area contributed by atoms with Crippen molar-refractivity contribution in [2.45, 2.75) is 24.3 Å². The second kappa shape index (κ2) is 6.64. The molecule has 2 N–H and O–H groups in total. The number of amides is 1. The molecule has 5 nitrogen and oxygen atoms in total. The number of hydrogen-bond acceptors (Lipinski definition) is 4. The van der Waals surface area contributed by atoms with E-state index in [1.807, 2.05) is 6.92 Å². The molecule has 22 heavy (non-hydrogen) atoms. The van der Waals surface area contributed by atoms with Gasteiger partial charge in [-0.3, -0.25) is 4.79 Å². The van der Waals surface area contributed by atoms with Gasteiger partial charge in [0, 0.05) is 16.8 Å². The number of rotatable bonds is 3. The number of halogens is 2. The van der Waals surface area contributed by atoms with Crippen molar-refractivity contribution in [2.24, 2.45) is 5.92 Å². The normalized spacial score (nSPS) is 22.4. The molecule has 1 aromatic rings. The Morgan fingerprint density at radius 1 is 1.45 bits per heavy atom.